The summed E-state index contributed by atoms with van der Waals surface area (Å²) in [5.41, 5.74) is 1.74. The van der Waals surface area contributed by atoms with Gasteiger partial charge in [0.2, 0.25) is 0 Å². The number of rotatable bonds is 3. The van der Waals surface area contributed by atoms with Gasteiger partial charge in [0.05, 0.1) is 6.54 Å². The van der Waals surface area contributed by atoms with Gasteiger partial charge in [0.15, 0.2) is 5.17 Å². The summed E-state index contributed by atoms with van der Waals surface area (Å²) in [5.74, 6) is -1.74. The Labute approximate surface area is 143 Å². The number of amides is 1. The summed E-state index contributed by atoms with van der Waals surface area (Å²) >= 11 is 1.40. The van der Waals surface area contributed by atoms with Crippen LogP contribution < -0.4 is 0 Å². The molecule has 0 fully saturated rings. The molecule has 6 heteroatoms. The Hall–Kier alpha value is -2.21. The molecule has 1 amide bonds. The third-order valence-electron chi connectivity index (χ3n) is 3.67. The molecular weight excluding hydrogens is 330 g/mol. The summed E-state index contributed by atoms with van der Waals surface area (Å²) in [4.78, 5) is 18.2. The van der Waals surface area contributed by atoms with E-state index in [2.05, 4.69) is 11.1 Å². The predicted molar refractivity (Wildman–Crippen MR) is 92.2 cm³/mol. The normalized spacial score (nSPS) is 14.0. The number of carbonyl (C=O) groups is 1. The van der Waals surface area contributed by atoms with Gasteiger partial charge in [-0.3, -0.25) is 14.7 Å². The molecule has 0 bridgehead atoms. The summed E-state index contributed by atoms with van der Waals surface area (Å²) < 4.78 is 27.7. The van der Waals surface area contributed by atoms with Crippen molar-refractivity contribution in [3.05, 3.63) is 70.8 Å². The van der Waals surface area contributed by atoms with Crippen LogP contribution in [0.2, 0.25) is 0 Å². The highest BCUT2D eigenvalue weighted by molar-refractivity contribution is 8.13. The number of hydrogen-bond donors (Lipinski definition) is 0. The van der Waals surface area contributed by atoms with Gasteiger partial charge in [-0.05, 0) is 24.6 Å². The highest BCUT2D eigenvalue weighted by Gasteiger charge is 2.29. The van der Waals surface area contributed by atoms with Crippen LogP contribution in [-0.4, -0.2) is 29.1 Å². The molecule has 0 saturated heterocycles. The molecule has 0 spiro atoms. The number of hydrogen-bond acceptors (Lipinski definition) is 3. The minimum absolute atomic E-state index is 0.336. The lowest BCUT2D eigenvalue weighted by Crippen LogP contribution is -2.34. The molecule has 124 valence electrons. The average molecular weight is 346 g/mol. The van der Waals surface area contributed by atoms with E-state index in [0.29, 0.717) is 24.0 Å². The lowest BCUT2D eigenvalue weighted by atomic mass is 10.1. The number of aryl methyl sites for hydroxylation is 1. The van der Waals surface area contributed by atoms with Crippen molar-refractivity contribution in [3.63, 3.8) is 0 Å². The molecule has 1 aliphatic rings. The highest BCUT2D eigenvalue weighted by atomic mass is 32.2. The second kappa shape index (κ2) is 7.13. The Morgan fingerprint density at radius 2 is 1.92 bits per heavy atom. The zero-order valence-electron chi connectivity index (χ0n) is 13.1. The number of thioether (sulfide) groups is 1. The Bertz CT molecular complexity index is 787. The Morgan fingerprint density at radius 1 is 1.21 bits per heavy atom. The minimum Gasteiger partial charge on any atom is -0.285 e. The van der Waals surface area contributed by atoms with E-state index in [1.807, 2.05) is 25.1 Å². The van der Waals surface area contributed by atoms with Crippen LogP contribution in [0.5, 0.6) is 0 Å². The van der Waals surface area contributed by atoms with Crippen LogP contribution >= 0.6 is 11.8 Å². The summed E-state index contributed by atoms with van der Waals surface area (Å²) in [6.07, 6.45) is 0. The van der Waals surface area contributed by atoms with Crippen molar-refractivity contribution in [3.8, 4) is 0 Å². The molecule has 0 aromatic heterocycles. The second-order valence-corrected chi connectivity index (χ2v) is 6.44. The second-order valence-electron chi connectivity index (χ2n) is 5.50. The summed E-state index contributed by atoms with van der Waals surface area (Å²) in [6.45, 7) is 2.79. The van der Waals surface area contributed by atoms with Gasteiger partial charge < -0.3 is 0 Å². The zero-order chi connectivity index (χ0) is 17.1. The fourth-order valence-corrected chi connectivity index (χ4v) is 3.51. The molecule has 3 nitrogen and oxygen atoms in total. The van der Waals surface area contributed by atoms with Crippen molar-refractivity contribution < 1.29 is 13.6 Å². The topological polar surface area (TPSA) is 32.7 Å². The molecule has 0 atom stereocenters. The third-order valence-corrected chi connectivity index (χ3v) is 4.76. The van der Waals surface area contributed by atoms with Crippen LogP contribution in [0.1, 0.15) is 21.5 Å². The molecule has 0 radical (unpaired) electrons. The van der Waals surface area contributed by atoms with Crippen molar-refractivity contribution in [2.24, 2.45) is 4.99 Å². The van der Waals surface area contributed by atoms with Gasteiger partial charge in [-0.25, -0.2) is 8.78 Å². The van der Waals surface area contributed by atoms with Gasteiger partial charge in [0.1, 0.15) is 17.2 Å². The lowest BCUT2D eigenvalue weighted by molar-refractivity contribution is 0.0851. The van der Waals surface area contributed by atoms with Crippen molar-refractivity contribution in [2.75, 3.05) is 13.1 Å². The first-order chi connectivity index (χ1) is 11.6. The molecule has 0 N–H and O–H groups in total. The first kappa shape index (κ1) is 16.6. The molecule has 0 aliphatic carbocycles. The Kier molecular flexibility index (Phi) is 4.94. The molecule has 24 heavy (non-hydrogen) atoms. The standard InChI is InChI=1S/C18H16F2N2OS/c1-12-4-2-5-13(10-12)11-24-18-21-8-9-22(18)17(23)16-14(19)6-3-7-15(16)20/h2-7,10H,8-9,11H2,1H3. The molecule has 0 unspecified atom stereocenters. The quantitative estimate of drug-likeness (QED) is 0.841. The summed E-state index contributed by atoms with van der Waals surface area (Å²) in [6, 6.07) is 11.5. The van der Waals surface area contributed by atoms with Crippen molar-refractivity contribution in [1.29, 1.82) is 0 Å². The van der Waals surface area contributed by atoms with Gasteiger partial charge >= 0.3 is 0 Å². The molecule has 3 rings (SSSR count). The van der Waals surface area contributed by atoms with E-state index >= 15 is 0 Å². The maximum absolute atomic E-state index is 13.8. The van der Waals surface area contributed by atoms with Gasteiger partial charge in [-0.15, -0.1) is 0 Å². The van der Waals surface area contributed by atoms with Crippen LogP contribution in [0.25, 0.3) is 0 Å². The first-order valence-corrected chi connectivity index (χ1v) is 8.53. The van der Waals surface area contributed by atoms with Crippen LogP contribution in [0.15, 0.2) is 47.5 Å². The number of benzene rings is 2. The predicted octanol–water partition coefficient (Wildman–Crippen LogP) is 4.02. The monoisotopic (exact) mass is 346 g/mol. The maximum atomic E-state index is 13.8. The molecular formula is C18H16F2N2OS. The van der Waals surface area contributed by atoms with Gasteiger partial charge in [-0.1, -0.05) is 47.7 Å². The van der Waals surface area contributed by atoms with Gasteiger partial charge in [0.25, 0.3) is 5.91 Å². The summed E-state index contributed by atoms with van der Waals surface area (Å²) in [5, 5.41) is 0.504. The Morgan fingerprint density at radius 3 is 2.62 bits per heavy atom. The smallest absolute Gasteiger partial charge is 0.265 e. The van der Waals surface area contributed by atoms with Crippen molar-refractivity contribution in [2.45, 2.75) is 12.7 Å². The SMILES string of the molecule is Cc1cccc(CSC2=NCCN2C(=O)c2c(F)cccc2F)c1. The highest BCUT2D eigenvalue weighted by Crippen LogP contribution is 2.23. The largest absolute Gasteiger partial charge is 0.285 e. The van der Waals surface area contributed by atoms with Crippen LogP contribution in [0.4, 0.5) is 8.78 Å². The van der Waals surface area contributed by atoms with E-state index in [1.54, 1.807) is 0 Å². The number of aliphatic imine (C=N–C) groups is 1. The van der Waals surface area contributed by atoms with E-state index in [9.17, 15) is 13.6 Å². The van der Waals surface area contributed by atoms with Crippen molar-refractivity contribution >= 4 is 22.8 Å². The van der Waals surface area contributed by atoms with Gasteiger partial charge in [-0.2, -0.15) is 0 Å². The van der Waals surface area contributed by atoms with E-state index in [0.717, 1.165) is 23.3 Å². The molecule has 2 aromatic carbocycles. The maximum Gasteiger partial charge on any atom is 0.265 e. The Balaban J connectivity index is 1.74. The minimum atomic E-state index is -0.852. The first-order valence-electron chi connectivity index (χ1n) is 7.55. The molecule has 2 aromatic rings. The van der Waals surface area contributed by atoms with E-state index in [-0.39, 0.29) is 0 Å². The van der Waals surface area contributed by atoms with Crippen LogP contribution in [0.3, 0.4) is 0 Å². The fourth-order valence-electron chi connectivity index (χ4n) is 2.53. The van der Waals surface area contributed by atoms with Crippen LogP contribution in [-0.2, 0) is 5.75 Å². The van der Waals surface area contributed by atoms with E-state index in [4.69, 9.17) is 0 Å². The molecule has 0 saturated carbocycles. The molecule has 1 heterocycles. The zero-order valence-corrected chi connectivity index (χ0v) is 13.9. The fraction of sp³-hybridized carbons (Fsp3) is 0.222. The number of nitrogens with zero attached hydrogens (tertiary/aromatic N) is 2. The number of carbonyl (C=O) groups excluding carboxylic acids is 1. The lowest BCUT2D eigenvalue weighted by Gasteiger charge is -2.18. The van der Waals surface area contributed by atoms with Crippen molar-refractivity contribution in [1.82, 2.24) is 4.90 Å². The van der Waals surface area contributed by atoms with Crippen LogP contribution in [0, 0.1) is 18.6 Å². The van der Waals surface area contributed by atoms with E-state index in [1.165, 1.54) is 22.7 Å². The number of halogens is 2. The third kappa shape index (κ3) is 3.48. The molecule has 1 aliphatic heterocycles. The number of amidine groups is 1. The summed E-state index contributed by atoms with van der Waals surface area (Å²) in [7, 11) is 0. The average Bonchev–Trinajstić information content (AvgIpc) is 3.01. The van der Waals surface area contributed by atoms with Gasteiger partial charge in [0, 0.05) is 12.3 Å². The van der Waals surface area contributed by atoms with E-state index < -0.39 is 23.1 Å².